The largest absolute Gasteiger partial charge is 0.488 e. The molecule has 0 amide bonds. The third-order valence-electron chi connectivity index (χ3n) is 4.31. The molecule has 0 radical (unpaired) electrons. The van der Waals surface area contributed by atoms with Crippen molar-refractivity contribution in [3.05, 3.63) is 29.8 Å². The van der Waals surface area contributed by atoms with Crippen molar-refractivity contribution in [2.75, 3.05) is 0 Å². The van der Waals surface area contributed by atoms with Crippen LogP contribution < -0.4 is 4.74 Å². The van der Waals surface area contributed by atoms with E-state index in [-0.39, 0.29) is 5.60 Å². The van der Waals surface area contributed by atoms with Gasteiger partial charge >= 0.3 is 0 Å². The molecule has 1 unspecified atom stereocenters. The second-order valence-corrected chi connectivity index (χ2v) is 5.99. The molecule has 1 nitrogen and oxygen atoms in total. The zero-order valence-corrected chi connectivity index (χ0v) is 12.0. The van der Waals surface area contributed by atoms with Crippen LogP contribution in [0.3, 0.4) is 0 Å². The molecule has 1 aliphatic carbocycles. The van der Waals surface area contributed by atoms with E-state index in [0.29, 0.717) is 5.92 Å². The molecule has 0 aromatic heterocycles. The first-order valence-electron chi connectivity index (χ1n) is 7.42. The van der Waals surface area contributed by atoms with Crippen molar-refractivity contribution in [2.45, 2.75) is 70.8 Å². The van der Waals surface area contributed by atoms with Crippen molar-refractivity contribution in [1.82, 2.24) is 0 Å². The number of benzene rings is 1. The van der Waals surface area contributed by atoms with E-state index in [1.165, 1.54) is 44.1 Å². The molecule has 0 bridgehead atoms. The molecule has 0 N–H and O–H groups in total. The summed E-state index contributed by atoms with van der Waals surface area (Å²) in [5.41, 5.74) is 1.46. The van der Waals surface area contributed by atoms with Crippen LogP contribution >= 0.6 is 0 Å². The molecule has 1 aromatic carbocycles. The second kappa shape index (κ2) is 5.77. The van der Waals surface area contributed by atoms with Crippen molar-refractivity contribution in [3.63, 3.8) is 0 Å². The third-order valence-corrected chi connectivity index (χ3v) is 4.31. The molecular weight excluding hydrogens is 220 g/mol. The molecule has 1 fully saturated rings. The lowest BCUT2D eigenvalue weighted by Crippen LogP contribution is -2.34. The number of ether oxygens (including phenoxy) is 1. The Bertz CT molecular complexity index is 377. The van der Waals surface area contributed by atoms with Gasteiger partial charge in [0.15, 0.2) is 0 Å². The maximum atomic E-state index is 6.28. The van der Waals surface area contributed by atoms with Gasteiger partial charge in [-0.2, -0.15) is 0 Å². The van der Waals surface area contributed by atoms with Gasteiger partial charge < -0.3 is 4.74 Å². The zero-order chi connectivity index (χ0) is 13.0. The van der Waals surface area contributed by atoms with Gasteiger partial charge in [0.1, 0.15) is 11.4 Å². The van der Waals surface area contributed by atoms with E-state index >= 15 is 0 Å². The van der Waals surface area contributed by atoms with Gasteiger partial charge in [0.05, 0.1) is 0 Å². The molecule has 0 saturated heterocycles. The summed E-state index contributed by atoms with van der Waals surface area (Å²) in [4.78, 5) is 0. The van der Waals surface area contributed by atoms with Crippen molar-refractivity contribution < 1.29 is 4.74 Å². The minimum absolute atomic E-state index is 0.0618. The fraction of sp³-hybridized carbons (Fsp3) is 0.647. The van der Waals surface area contributed by atoms with E-state index in [1.807, 2.05) is 0 Å². The molecule has 0 spiro atoms. The van der Waals surface area contributed by atoms with E-state index in [2.05, 4.69) is 45.0 Å². The quantitative estimate of drug-likeness (QED) is 0.700. The van der Waals surface area contributed by atoms with E-state index in [1.54, 1.807) is 0 Å². The Labute approximate surface area is 112 Å². The average molecular weight is 246 g/mol. The van der Waals surface area contributed by atoms with Gasteiger partial charge in [0.25, 0.3) is 0 Å². The Morgan fingerprint density at radius 2 is 1.94 bits per heavy atom. The Kier molecular flexibility index (Phi) is 4.31. The fourth-order valence-electron chi connectivity index (χ4n) is 2.81. The summed E-state index contributed by atoms with van der Waals surface area (Å²) in [6.07, 6.45) is 7.55. The van der Waals surface area contributed by atoms with Gasteiger partial charge in [-0.3, -0.25) is 0 Å². The van der Waals surface area contributed by atoms with Crippen molar-refractivity contribution in [1.29, 1.82) is 0 Å². The van der Waals surface area contributed by atoms with Crippen LogP contribution in [0.25, 0.3) is 0 Å². The molecule has 0 heterocycles. The highest BCUT2D eigenvalue weighted by molar-refractivity contribution is 5.31. The number of hydrogen-bond acceptors (Lipinski definition) is 1. The van der Waals surface area contributed by atoms with Gasteiger partial charge in [-0.25, -0.2) is 0 Å². The van der Waals surface area contributed by atoms with E-state index < -0.39 is 0 Å². The Balaban J connectivity index is 2.09. The molecule has 18 heavy (non-hydrogen) atoms. The Morgan fingerprint density at radius 3 is 2.61 bits per heavy atom. The first-order valence-corrected chi connectivity index (χ1v) is 7.42. The molecule has 0 aliphatic heterocycles. The van der Waals surface area contributed by atoms with Crippen LogP contribution in [0.15, 0.2) is 24.3 Å². The molecule has 1 aliphatic rings. The normalized spacial score (nSPS) is 20.4. The van der Waals surface area contributed by atoms with Gasteiger partial charge in [0.2, 0.25) is 0 Å². The van der Waals surface area contributed by atoms with Crippen LogP contribution in [0.2, 0.25) is 0 Å². The van der Waals surface area contributed by atoms with E-state index in [0.717, 1.165) is 5.75 Å². The van der Waals surface area contributed by atoms with E-state index in [9.17, 15) is 0 Å². The maximum absolute atomic E-state index is 6.28. The molecule has 1 saturated carbocycles. The summed E-state index contributed by atoms with van der Waals surface area (Å²) in [5.74, 6) is 1.67. The monoisotopic (exact) mass is 246 g/mol. The minimum atomic E-state index is 0.0618. The first-order chi connectivity index (χ1) is 8.63. The smallest absolute Gasteiger partial charge is 0.120 e. The maximum Gasteiger partial charge on any atom is 0.120 e. The van der Waals surface area contributed by atoms with Crippen LogP contribution in [0.4, 0.5) is 0 Å². The predicted octanol–water partition coefficient (Wildman–Crippen LogP) is 5.30. The molecule has 1 aromatic rings. The third kappa shape index (κ3) is 3.28. The molecule has 1 heteroatoms. The summed E-state index contributed by atoms with van der Waals surface area (Å²) in [5, 5.41) is 0. The summed E-state index contributed by atoms with van der Waals surface area (Å²) >= 11 is 0. The van der Waals surface area contributed by atoms with Gasteiger partial charge in [-0.05, 0) is 62.6 Å². The van der Waals surface area contributed by atoms with Crippen molar-refractivity contribution in [3.8, 4) is 5.75 Å². The lowest BCUT2D eigenvalue weighted by Gasteiger charge is -2.34. The number of rotatable bonds is 4. The highest BCUT2D eigenvalue weighted by atomic mass is 16.5. The average Bonchev–Trinajstić information content (AvgIpc) is 2.38. The Morgan fingerprint density at radius 1 is 1.22 bits per heavy atom. The molecule has 2 rings (SSSR count). The highest BCUT2D eigenvalue weighted by Gasteiger charge is 2.28. The standard InChI is InChI=1S/C17H26O/c1-4-14(2)15-9-8-10-16(13-15)18-17(3)11-6-5-7-12-17/h8-10,13-14H,4-7,11-12H2,1-3H3. The van der Waals surface area contributed by atoms with Gasteiger partial charge in [-0.15, -0.1) is 0 Å². The summed E-state index contributed by atoms with van der Waals surface area (Å²) in [7, 11) is 0. The van der Waals surface area contributed by atoms with Crippen LogP contribution in [0.1, 0.15) is 70.8 Å². The second-order valence-electron chi connectivity index (χ2n) is 5.99. The van der Waals surface area contributed by atoms with Crippen LogP contribution in [0, 0.1) is 0 Å². The molecule has 1 atom stereocenters. The van der Waals surface area contributed by atoms with Crippen molar-refractivity contribution in [2.24, 2.45) is 0 Å². The van der Waals surface area contributed by atoms with Crippen LogP contribution in [0.5, 0.6) is 5.75 Å². The van der Waals surface area contributed by atoms with E-state index in [4.69, 9.17) is 4.74 Å². The fourth-order valence-corrected chi connectivity index (χ4v) is 2.81. The topological polar surface area (TPSA) is 9.23 Å². The van der Waals surface area contributed by atoms with Gasteiger partial charge in [-0.1, -0.05) is 32.4 Å². The predicted molar refractivity (Wildman–Crippen MR) is 77.3 cm³/mol. The van der Waals surface area contributed by atoms with Crippen molar-refractivity contribution >= 4 is 0 Å². The summed E-state index contributed by atoms with van der Waals surface area (Å²) in [6.45, 7) is 6.78. The summed E-state index contributed by atoms with van der Waals surface area (Å²) < 4.78 is 6.28. The zero-order valence-electron chi connectivity index (χ0n) is 12.0. The number of hydrogen-bond donors (Lipinski definition) is 0. The van der Waals surface area contributed by atoms with Crippen LogP contribution in [-0.4, -0.2) is 5.60 Å². The lowest BCUT2D eigenvalue weighted by molar-refractivity contribution is 0.0486. The lowest BCUT2D eigenvalue weighted by atomic mass is 9.86. The first kappa shape index (κ1) is 13.5. The van der Waals surface area contributed by atoms with Gasteiger partial charge in [0, 0.05) is 0 Å². The summed E-state index contributed by atoms with van der Waals surface area (Å²) in [6, 6.07) is 8.67. The minimum Gasteiger partial charge on any atom is -0.488 e. The molecular formula is C17H26O. The molecule has 100 valence electrons. The Hall–Kier alpha value is -0.980. The SMILES string of the molecule is CCC(C)c1cccc(OC2(C)CCCCC2)c1. The van der Waals surface area contributed by atoms with Crippen LogP contribution in [-0.2, 0) is 0 Å². The highest BCUT2D eigenvalue weighted by Crippen LogP contribution is 2.33.